The van der Waals surface area contributed by atoms with Crippen molar-refractivity contribution in [2.75, 3.05) is 5.32 Å². The van der Waals surface area contributed by atoms with Crippen LogP contribution in [0.3, 0.4) is 0 Å². The molecule has 31 heavy (non-hydrogen) atoms. The van der Waals surface area contributed by atoms with Gasteiger partial charge < -0.3 is 18.9 Å². The standard InChI is InChI=1S/C24H21ClN2O4/c25-21-9-2-1-8-20(21)22-14-26-24(31-22)11-10-23(28)27-18-6-3-5-17(13-18)15-29-16-19-7-4-12-30-19/h1-9,12-14H,10-11,15-16H2,(H,27,28). The van der Waals surface area contributed by atoms with E-state index in [9.17, 15) is 4.79 Å². The number of nitrogens with one attached hydrogen (secondary N) is 1. The summed E-state index contributed by atoms with van der Waals surface area (Å²) in [5.41, 5.74) is 2.45. The Morgan fingerprint density at radius 3 is 2.81 bits per heavy atom. The van der Waals surface area contributed by atoms with Crippen molar-refractivity contribution in [2.45, 2.75) is 26.1 Å². The molecular formula is C24H21ClN2O4. The molecule has 0 saturated carbocycles. The molecule has 7 heteroatoms. The number of halogens is 1. The molecular weight excluding hydrogens is 416 g/mol. The van der Waals surface area contributed by atoms with E-state index in [1.165, 1.54) is 0 Å². The van der Waals surface area contributed by atoms with Crippen LogP contribution < -0.4 is 5.32 Å². The molecule has 2 aromatic heterocycles. The summed E-state index contributed by atoms with van der Waals surface area (Å²) in [4.78, 5) is 16.6. The van der Waals surface area contributed by atoms with Gasteiger partial charge in [0, 0.05) is 24.1 Å². The molecule has 2 heterocycles. The third-order valence-corrected chi connectivity index (χ3v) is 4.89. The lowest BCUT2D eigenvalue weighted by atomic mass is 10.2. The van der Waals surface area contributed by atoms with Gasteiger partial charge in [-0.2, -0.15) is 0 Å². The number of hydrogen-bond donors (Lipinski definition) is 1. The first kappa shape index (κ1) is 20.9. The maximum Gasteiger partial charge on any atom is 0.224 e. The van der Waals surface area contributed by atoms with Gasteiger partial charge >= 0.3 is 0 Å². The van der Waals surface area contributed by atoms with Crippen molar-refractivity contribution in [1.29, 1.82) is 0 Å². The summed E-state index contributed by atoms with van der Waals surface area (Å²) in [6.07, 6.45) is 3.88. The fourth-order valence-electron chi connectivity index (χ4n) is 3.06. The van der Waals surface area contributed by atoms with Gasteiger partial charge in [-0.1, -0.05) is 35.9 Å². The zero-order valence-corrected chi connectivity index (χ0v) is 17.5. The van der Waals surface area contributed by atoms with Crippen LogP contribution in [0.1, 0.15) is 23.6 Å². The highest BCUT2D eigenvalue weighted by Crippen LogP contribution is 2.28. The van der Waals surface area contributed by atoms with E-state index in [-0.39, 0.29) is 12.3 Å². The summed E-state index contributed by atoms with van der Waals surface area (Å²) < 4.78 is 16.6. The maximum atomic E-state index is 12.4. The molecule has 4 rings (SSSR count). The Bertz CT molecular complexity index is 1140. The molecule has 0 unspecified atom stereocenters. The van der Waals surface area contributed by atoms with Gasteiger partial charge in [0.05, 0.1) is 24.1 Å². The van der Waals surface area contributed by atoms with Crippen LogP contribution in [0.2, 0.25) is 5.02 Å². The van der Waals surface area contributed by atoms with E-state index in [4.69, 9.17) is 25.2 Å². The van der Waals surface area contributed by atoms with Gasteiger partial charge in [-0.05, 0) is 42.0 Å². The summed E-state index contributed by atoms with van der Waals surface area (Å²) in [5, 5.41) is 3.49. The Balaban J connectivity index is 1.27. The van der Waals surface area contributed by atoms with Crippen molar-refractivity contribution in [2.24, 2.45) is 0 Å². The van der Waals surface area contributed by atoms with Gasteiger partial charge in [-0.25, -0.2) is 4.98 Å². The highest BCUT2D eigenvalue weighted by molar-refractivity contribution is 6.33. The largest absolute Gasteiger partial charge is 0.467 e. The highest BCUT2D eigenvalue weighted by atomic mass is 35.5. The molecule has 0 aliphatic heterocycles. The lowest BCUT2D eigenvalue weighted by molar-refractivity contribution is -0.116. The van der Waals surface area contributed by atoms with Gasteiger partial charge in [0.1, 0.15) is 12.4 Å². The molecule has 0 atom stereocenters. The first-order chi connectivity index (χ1) is 15.2. The summed E-state index contributed by atoms with van der Waals surface area (Å²) in [6.45, 7) is 0.821. The number of aryl methyl sites for hydroxylation is 1. The van der Waals surface area contributed by atoms with E-state index in [2.05, 4.69) is 10.3 Å². The second-order valence-electron chi connectivity index (χ2n) is 6.92. The predicted octanol–water partition coefficient (Wildman–Crippen LogP) is 5.88. The van der Waals surface area contributed by atoms with Crippen LogP contribution in [0.15, 0.2) is 82.0 Å². The molecule has 158 valence electrons. The second-order valence-corrected chi connectivity index (χ2v) is 7.33. The van der Waals surface area contributed by atoms with Crippen LogP contribution in [0.4, 0.5) is 5.69 Å². The number of amides is 1. The average Bonchev–Trinajstić information content (AvgIpc) is 3.45. The molecule has 1 amide bonds. The Hall–Kier alpha value is -3.35. The molecule has 1 N–H and O–H groups in total. The van der Waals surface area contributed by atoms with Gasteiger partial charge in [-0.15, -0.1) is 0 Å². The maximum absolute atomic E-state index is 12.4. The summed E-state index contributed by atoms with van der Waals surface area (Å²) >= 11 is 6.19. The summed E-state index contributed by atoms with van der Waals surface area (Å²) in [7, 11) is 0. The van der Waals surface area contributed by atoms with Crippen LogP contribution in [0, 0.1) is 0 Å². The minimum atomic E-state index is -0.119. The van der Waals surface area contributed by atoms with E-state index in [0.717, 1.165) is 16.9 Å². The molecule has 0 aliphatic carbocycles. The Kier molecular flexibility index (Phi) is 6.82. The number of nitrogens with zero attached hydrogens (tertiary/aromatic N) is 1. The zero-order chi connectivity index (χ0) is 21.5. The van der Waals surface area contributed by atoms with Crippen LogP contribution in [-0.2, 0) is 29.2 Å². The smallest absolute Gasteiger partial charge is 0.224 e. The van der Waals surface area contributed by atoms with Crippen molar-refractivity contribution in [1.82, 2.24) is 4.98 Å². The number of hydrogen-bond acceptors (Lipinski definition) is 5. The van der Waals surface area contributed by atoms with Crippen molar-refractivity contribution in [3.05, 3.63) is 95.4 Å². The van der Waals surface area contributed by atoms with E-state index < -0.39 is 0 Å². The fourth-order valence-corrected chi connectivity index (χ4v) is 3.29. The molecule has 0 saturated heterocycles. The number of ether oxygens (including phenoxy) is 1. The second kappa shape index (κ2) is 10.1. The molecule has 0 fully saturated rings. The van der Waals surface area contributed by atoms with Crippen LogP contribution >= 0.6 is 11.6 Å². The van der Waals surface area contributed by atoms with Crippen molar-refractivity contribution in [3.63, 3.8) is 0 Å². The van der Waals surface area contributed by atoms with Crippen molar-refractivity contribution >= 4 is 23.2 Å². The van der Waals surface area contributed by atoms with Gasteiger partial charge in [0.25, 0.3) is 0 Å². The van der Waals surface area contributed by atoms with E-state index in [1.807, 2.05) is 54.6 Å². The summed E-state index contributed by atoms with van der Waals surface area (Å²) in [5.74, 6) is 1.73. The number of oxazole rings is 1. The SMILES string of the molecule is O=C(CCc1ncc(-c2ccccc2Cl)o1)Nc1cccc(COCc2ccco2)c1. The lowest BCUT2D eigenvalue weighted by Crippen LogP contribution is -2.12. The van der Waals surface area contributed by atoms with Crippen molar-refractivity contribution in [3.8, 4) is 11.3 Å². The van der Waals surface area contributed by atoms with Crippen LogP contribution in [0.5, 0.6) is 0 Å². The first-order valence-corrected chi connectivity index (χ1v) is 10.2. The topological polar surface area (TPSA) is 77.5 Å². The number of anilines is 1. The zero-order valence-electron chi connectivity index (χ0n) is 16.7. The average molecular weight is 437 g/mol. The molecule has 0 spiro atoms. The molecule has 2 aromatic carbocycles. The molecule has 4 aromatic rings. The normalized spacial score (nSPS) is 10.9. The minimum absolute atomic E-state index is 0.119. The minimum Gasteiger partial charge on any atom is -0.467 e. The Labute approximate surface area is 184 Å². The van der Waals surface area contributed by atoms with Gasteiger partial charge in [0.2, 0.25) is 5.91 Å². The molecule has 0 aliphatic rings. The van der Waals surface area contributed by atoms with Gasteiger partial charge in [-0.3, -0.25) is 4.79 Å². The first-order valence-electron chi connectivity index (χ1n) is 9.86. The quantitative estimate of drug-likeness (QED) is 0.354. The molecule has 6 nitrogen and oxygen atoms in total. The third kappa shape index (κ3) is 5.84. The number of carbonyl (C=O) groups is 1. The number of benzene rings is 2. The Morgan fingerprint density at radius 2 is 1.97 bits per heavy atom. The monoisotopic (exact) mass is 436 g/mol. The predicted molar refractivity (Wildman–Crippen MR) is 118 cm³/mol. The van der Waals surface area contributed by atoms with Gasteiger partial charge in [0.15, 0.2) is 11.7 Å². The number of furan rings is 1. The number of aromatic nitrogens is 1. The lowest BCUT2D eigenvalue weighted by Gasteiger charge is -2.07. The van der Waals surface area contributed by atoms with E-state index in [0.29, 0.717) is 42.0 Å². The molecule has 0 radical (unpaired) electrons. The van der Waals surface area contributed by atoms with E-state index in [1.54, 1.807) is 18.5 Å². The summed E-state index contributed by atoms with van der Waals surface area (Å²) in [6, 6.07) is 18.6. The Morgan fingerprint density at radius 1 is 1.06 bits per heavy atom. The highest BCUT2D eigenvalue weighted by Gasteiger charge is 2.11. The van der Waals surface area contributed by atoms with Crippen LogP contribution in [0.25, 0.3) is 11.3 Å². The molecule has 0 bridgehead atoms. The fraction of sp³-hybridized carbons (Fsp3) is 0.167. The van der Waals surface area contributed by atoms with Crippen LogP contribution in [-0.4, -0.2) is 10.9 Å². The van der Waals surface area contributed by atoms with Crippen molar-refractivity contribution < 1.29 is 18.4 Å². The third-order valence-electron chi connectivity index (χ3n) is 4.56. The number of rotatable bonds is 9. The van der Waals surface area contributed by atoms with E-state index >= 15 is 0 Å². The number of carbonyl (C=O) groups excluding carboxylic acids is 1.